The second-order valence-electron chi connectivity index (χ2n) is 6.01. The van der Waals surface area contributed by atoms with Gasteiger partial charge in [0, 0.05) is 5.56 Å². The smallest absolute Gasteiger partial charge is 0.363 e. The van der Waals surface area contributed by atoms with E-state index in [1.165, 1.54) is 0 Å². The largest absolute Gasteiger partial charge is 0.454 e. The fraction of sp³-hybridized carbons (Fsp3) is 0.0476. The molecule has 0 radical (unpaired) electrons. The highest BCUT2D eigenvalue weighted by atomic mass is 16.7. The van der Waals surface area contributed by atoms with Crippen LogP contribution in [0.5, 0.6) is 11.5 Å². The molecule has 0 aliphatic carbocycles. The van der Waals surface area contributed by atoms with Gasteiger partial charge in [0.05, 0.1) is 0 Å². The minimum atomic E-state index is -0.467. The Morgan fingerprint density at radius 3 is 2.65 bits per heavy atom. The molecule has 0 bridgehead atoms. The van der Waals surface area contributed by atoms with E-state index < -0.39 is 5.97 Å². The second kappa shape index (κ2) is 5.74. The molecule has 0 atom stereocenters. The average Bonchev–Trinajstić information content (AvgIpc) is 3.28. The van der Waals surface area contributed by atoms with E-state index in [-0.39, 0.29) is 18.4 Å². The van der Waals surface area contributed by atoms with Crippen molar-refractivity contribution in [2.24, 2.45) is 4.99 Å². The Balaban J connectivity index is 1.50. The summed E-state index contributed by atoms with van der Waals surface area (Å²) in [5, 5.41) is 2.25. The molecule has 0 N–H and O–H groups in total. The fourth-order valence-corrected chi connectivity index (χ4v) is 3.02. The number of fused-ring (bicyclic) bond motifs is 2. The summed E-state index contributed by atoms with van der Waals surface area (Å²) >= 11 is 0. The first-order chi connectivity index (χ1) is 12.8. The molecule has 126 valence electrons. The first-order valence-corrected chi connectivity index (χ1v) is 8.18. The van der Waals surface area contributed by atoms with Gasteiger partial charge in [-0.1, -0.05) is 36.4 Å². The van der Waals surface area contributed by atoms with Gasteiger partial charge in [0.1, 0.15) is 0 Å². The minimum Gasteiger partial charge on any atom is -0.454 e. The number of ether oxygens (including phenoxy) is 3. The molecule has 5 rings (SSSR count). The van der Waals surface area contributed by atoms with E-state index in [4.69, 9.17) is 14.2 Å². The summed E-state index contributed by atoms with van der Waals surface area (Å²) in [5.74, 6) is 1.09. The maximum Gasteiger partial charge on any atom is 0.363 e. The van der Waals surface area contributed by atoms with Gasteiger partial charge in [-0.2, -0.15) is 0 Å². The van der Waals surface area contributed by atoms with Crippen molar-refractivity contribution in [1.29, 1.82) is 0 Å². The van der Waals surface area contributed by atoms with Crippen LogP contribution in [0.4, 0.5) is 0 Å². The van der Waals surface area contributed by atoms with E-state index in [0.29, 0.717) is 17.1 Å². The second-order valence-corrected chi connectivity index (χ2v) is 6.01. The van der Waals surface area contributed by atoms with Gasteiger partial charge in [0.15, 0.2) is 17.2 Å². The molecule has 0 amide bonds. The topological polar surface area (TPSA) is 57.1 Å². The van der Waals surface area contributed by atoms with Gasteiger partial charge in [0.2, 0.25) is 12.7 Å². The van der Waals surface area contributed by atoms with Crippen LogP contribution in [0.25, 0.3) is 16.8 Å². The van der Waals surface area contributed by atoms with Crippen LogP contribution in [0.2, 0.25) is 0 Å². The molecule has 2 aliphatic heterocycles. The summed E-state index contributed by atoms with van der Waals surface area (Å²) in [5.41, 5.74) is 1.84. The highest BCUT2D eigenvalue weighted by Crippen LogP contribution is 2.33. The van der Waals surface area contributed by atoms with Gasteiger partial charge in [-0.15, -0.1) is 0 Å². The maximum absolute atomic E-state index is 12.2. The summed E-state index contributed by atoms with van der Waals surface area (Å²) in [4.78, 5) is 16.5. The minimum absolute atomic E-state index is 0.193. The van der Waals surface area contributed by atoms with Crippen LogP contribution in [0.3, 0.4) is 0 Å². The first-order valence-electron chi connectivity index (χ1n) is 8.18. The van der Waals surface area contributed by atoms with Crippen molar-refractivity contribution in [3.63, 3.8) is 0 Å². The van der Waals surface area contributed by atoms with E-state index in [1.807, 2.05) is 42.5 Å². The van der Waals surface area contributed by atoms with E-state index in [9.17, 15) is 4.79 Å². The number of carbonyl (C=O) groups is 1. The molecule has 2 heterocycles. The molecular weight excluding hydrogens is 330 g/mol. The number of carbonyl (C=O) groups excluding carboxylic acids is 1. The number of hydrogen-bond acceptors (Lipinski definition) is 5. The van der Waals surface area contributed by atoms with E-state index in [0.717, 1.165) is 16.3 Å². The van der Waals surface area contributed by atoms with Crippen molar-refractivity contribution in [3.8, 4) is 11.5 Å². The third-order valence-corrected chi connectivity index (χ3v) is 4.32. The normalized spacial score (nSPS) is 16.8. The number of aliphatic imine (C=N–C) groups is 1. The van der Waals surface area contributed by atoms with Crippen molar-refractivity contribution in [3.05, 3.63) is 77.5 Å². The lowest BCUT2D eigenvalue weighted by Gasteiger charge is -2.01. The Hall–Kier alpha value is -3.60. The summed E-state index contributed by atoms with van der Waals surface area (Å²) in [7, 11) is 0. The van der Waals surface area contributed by atoms with Gasteiger partial charge in [-0.3, -0.25) is 0 Å². The Morgan fingerprint density at radius 1 is 0.885 bits per heavy atom. The predicted molar refractivity (Wildman–Crippen MR) is 97.1 cm³/mol. The molecule has 0 fully saturated rings. The lowest BCUT2D eigenvalue weighted by Crippen LogP contribution is -2.05. The third-order valence-electron chi connectivity index (χ3n) is 4.32. The van der Waals surface area contributed by atoms with Crippen LogP contribution >= 0.6 is 0 Å². The fourth-order valence-electron chi connectivity index (χ4n) is 3.02. The molecule has 5 nitrogen and oxygen atoms in total. The van der Waals surface area contributed by atoms with E-state index in [2.05, 4.69) is 4.99 Å². The number of cyclic esters (lactones) is 1. The molecule has 2 aliphatic rings. The van der Waals surface area contributed by atoms with Gasteiger partial charge >= 0.3 is 5.97 Å². The summed E-state index contributed by atoms with van der Waals surface area (Å²) in [6.07, 6.45) is 1.73. The van der Waals surface area contributed by atoms with Crippen molar-refractivity contribution < 1.29 is 19.0 Å². The maximum atomic E-state index is 12.2. The zero-order valence-corrected chi connectivity index (χ0v) is 13.6. The molecule has 5 heteroatoms. The summed E-state index contributed by atoms with van der Waals surface area (Å²) in [6.45, 7) is 0.193. The molecule has 0 spiro atoms. The number of hydrogen-bond donors (Lipinski definition) is 0. The van der Waals surface area contributed by atoms with Gasteiger partial charge in [-0.25, -0.2) is 9.79 Å². The third kappa shape index (κ3) is 2.50. The number of esters is 1. The summed E-state index contributed by atoms with van der Waals surface area (Å²) in [6, 6.07) is 19.4. The molecular formula is C21H13NO4. The van der Waals surface area contributed by atoms with Crippen molar-refractivity contribution in [2.45, 2.75) is 0 Å². The Kier molecular flexibility index (Phi) is 3.25. The van der Waals surface area contributed by atoms with Gasteiger partial charge in [0.25, 0.3) is 0 Å². The Labute approximate surface area is 149 Å². The van der Waals surface area contributed by atoms with Crippen LogP contribution in [-0.2, 0) is 9.53 Å². The van der Waals surface area contributed by atoms with Crippen molar-refractivity contribution >= 4 is 28.7 Å². The molecule has 0 unspecified atom stereocenters. The zero-order valence-electron chi connectivity index (χ0n) is 13.6. The standard InChI is InChI=1S/C21H13NO4/c23-21-17(10-13-5-6-14-3-1-2-4-15(14)9-13)22-20(26-21)16-7-8-18-19(11-16)25-12-24-18/h1-11H,12H2. The Morgan fingerprint density at radius 2 is 1.73 bits per heavy atom. The van der Waals surface area contributed by atoms with Crippen LogP contribution in [0, 0.1) is 0 Å². The lowest BCUT2D eigenvalue weighted by atomic mass is 10.1. The van der Waals surface area contributed by atoms with Crippen LogP contribution in [0.1, 0.15) is 11.1 Å². The zero-order chi connectivity index (χ0) is 17.5. The van der Waals surface area contributed by atoms with Crippen LogP contribution in [0.15, 0.2) is 71.4 Å². The molecule has 3 aromatic rings. The van der Waals surface area contributed by atoms with E-state index >= 15 is 0 Å². The predicted octanol–water partition coefficient (Wildman–Crippen LogP) is 3.91. The first kappa shape index (κ1) is 14.7. The lowest BCUT2D eigenvalue weighted by molar-refractivity contribution is -0.129. The Bertz CT molecular complexity index is 1110. The highest BCUT2D eigenvalue weighted by molar-refractivity contribution is 6.13. The quantitative estimate of drug-likeness (QED) is 0.523. The number of nitrogens with zero attached hydrogens (tertiary/aromatic N) is 1. The van der Waals surface area contributed by atoms with E-state index in [1.54, 1.807) is 24.3 Å². The number of benzene rings is 3. The van der Waals surface area contributed by atoms with Gasteiger partial charge < -0.3 is 14.2 Å². The highest BCUT2D eigenvalue weighted by Gasteiger charge is 2.25. The molecule has 0 saturated heterocycles. The molecule has 0 aromatic heterocycles. The molecule has 26 heavy (non-hydrogen) atoms. The molecule has 0 saturated carbocycles. The van der Waals surface area contributed by atoms with Crippen LogP contribution < -0.4 is 9.47 Å². The summed E-state index contributed by atoms with van der Waals surface area (Å²) < 4.78 is 16.0. The number of rotatable bonds is 2. The SMILES string of the molecule is O=C1OC(c2ccc3c(c2)OCO3)=NC1=Cc1ccc2ccccc2c1. The molecule has 3 aromatic carbocycles. The van der Waals surface area contributed by atoms with Crippen LogP contribution in [-0.4, -0.2) is 18.7 Å². The average molecular weight is 343 g/mol. The monoisotopic (exact) mass is 343 g/mol. The van der Waals surface area contributed by atoms with Crippen molar-refractivity contribution in [1.82, 2.24) is 0 Å². The van der Waals surface area contributed by atoms with Crippen molar-refractivity contribution in [2.75, 3.05) is 6.79 Å². The van der Waals surface area contributed by atoms with Gasteiger partial charge in [-0.05, 0) is 46.7 Å².